The Hall–Kier alpha value is -2.97. The molecule has 0 saturated carbocycles. The van der Waals surface area contributed by atoms with Crippen LogP contribution in [0.1, 0.15) is 17.4 Å². The second kappa shape index (κ2) is 7.70. The predicted octanol–water partition coefficient (Wildman–Crippen LogP) is 3.13. The fourth-order valence-electron chi connectivity index (χ4n) is 4.00. The Morgan fingerprint density at radius 2 is 1.83 bits per heavy atom. The highest BCUT2D eigenvalue weighted by Crippen LogP contribution is 2.36. The van der Waals surface area contributed by atoms with Crippen molar-refractivity contribution in [2.45, 2.75) is 17.4 Å². The molecule has 0 bridgehead atoms. The molecule has 2 aliphatic heterocycles. The highest BCUT2D eigenvalue weighted by Gasteiger charge is 2.30. The van der Waals surface area contributed by atoms with Crippen LogP contribution >= 0.6 is 0 Å². The lowest BCUT2D eigenvalue weighted by Gasteiger charge is -2.29. The summed E-state index contributed by atoms with van der Waals surface area (Å²) in [5.74, 6) is 1.72. The van der Waals surface area contributed by atoms with Crippen molar-refractivity contribution in [3.8, 4) is 11.5 Å². The molecule has 0 amide bonds. The molecule has 3 heterocycles. The van der Waals surface area contributed by atoms with Crippen molar-refractivity contribution in [1.82, 2.24) is 4.72 Å². The van der Waals surface area contributed by atoms with Crippen LogP contribution in [0.25, 0.3) is 0 Å². The van der Waals surface area contributed by atoms with Crippen LogP contribution < -0.4 is 19.1 Å². The molecule has 156 valence electrons. The van der Waals surface area contributed by atoms with Gasteiger partial charge < -0.3 is 18.8 Å². The van der Waals surface area contributed by atoms with Crippen LogP contribution in [0.3, 0.4) is 0 Å². The molecule has 2 aromatic carbocycles. The van der Waals surface area contributed by atoms with Crippen LogP contribution in [0.5, 0.6) is 11.5 Å². The molecule has 1 N–H and O–H groups in total. The van der Waals surface area contributed by atoms with Gasteiger partial charge in [-0.1, -0.05) is 18.2 Å². The zero-order valence-corrected chi connectivity index (χ0v) is 17.1. The SMILES string of the molecule is O=S(=O)(NC[C@H](c1ccco1)N1CCc2ccccc21)c1ccc2c(c1)OCCO2. The third-order valence-corrected chi connectivity index (χ3v) is 6.88. The molecule has 1 aromatic heterocycles. The third kappa shape index (κ3) is 3.53. The van der Waals surface area contributed by atoms with Gasteiger partial charge in [0.25, 0.3) is 0 Å². The van der Waals surface area contributed by atoms with E-state index in [0.717, 1.165) is 24.4 Å². The number of anilines is 1. The minimum atomic E-state index is -3.74. The zero-order valence-electron chi connectivity index (χ0n) is 16.3. The second-order valence-corrected chi connectivity index (χ2v) is 9.03. The van der Waals surface area contributed by atoms with Gasteiger partial charge >= 0.3 is 0 Å². The molecule has 1 atom stereocenters. The first-order valence-electron chi connectivity index (χ1n) is 9.89. The second-order valence-electron chi connectivity index (χ2n) is 7.26. The zero-order chi connectivity index (χ0) is 20.6. The summed E-state index contributed by atoms with van der Waals surface area (Å²) in [6.07, 6.45) is 2.53. The molecule has 0 fully saturated rings. The molecule has 0 saturated heterocycles. The van der Waals surface area contributed by atoms with Crippen molar-refractivity contribution < 1.29 is 22.3 Å². The normalized spacial score (nSPS) is 16.3. The summed E-state index contributed by atoms with van der Waals surface area (Å²) in [5, 5.41) is 0. The third-order valence-electron chi connectivity index (χ3n) is 5.46. The Balaban J connectivity index is 1.40. The highest BCUT2D eigenvalue weighted by molar-refractivity contribution is 7.89. The van der Waals surface area contributed by atoms with Gasteiger partial charge in [-0.15, -0.1) is 0 Å². The Kier molecular flexibility index (Phi) is 4.88. The summed E-state index contributed by atoms with van der Waals surface area (Å²) in [4.78, 5) is 2.34. The molecular formula is C22H22N2O5S. The van der Waals surface area contributed by atoms with Crippen molar-refractivity contribution in [3.05, 3.63) is 72.2 Å². The van der Waals surface area contributed by atoms with Crippen LogP contribution in [-0.2, 0) is 16.4 Å². The average Bonchev–Trinajstić information content (AvgIpc) is 3.45. The molecule has 0 spiro atoms. The Morgan fingerprint density at radius 3 is 2.67 bits per heavy atom. The monoisotopic (exact) mass is 426 g/mol. The van der Waals surface area contributed by atoms with Gasteiger partial charge in [-0.3, -0.25) is 0 Å². The minimum Gasteiger partial charge on any atom is -0.486 e. The van der Waals surface area contributed by atoms with Crippen molar-refractivity contribution in [1.29, 1.82) is 0 Å². The first kappa shape index (κ1) is 19.0. The highest BCUT2D eigenvalue weighted by atomic mass is 32.2. The maximum Gasteiger partial charge on any atom is 0.240 e. The van der Waals surface area contributed by atoms with E-state index >= 15 is 0 Å². The quantitative estimate of drug-likeness (QED) is 0.652. The number of para-hydroxylation sites is 1. The maximum atomic E-state index is 13.0. The lowest BCUT2D eigenvalue weighted by molar-refractivity contribution is 0.171. The summed E-state index contributed by atoms with van der Waals surface area (Å²) < 4.78 is 45.4. The summed E-state index contributed by atoms with van der Waals surface area (Å²) in [6.45, 7) is 1.84. The maximum absolute atomic E-state index is 13.0. The minimum absolute atomic E-state index is 0.145. The summed E-state index contributed by atoms with van der Waals surface area (Å²) in [6, 6.07) is 16.3. The molecule has 2 aliphatic rings. The number of hydrogen-bond donors (Lipinski definition) is 1. The van der Waals surface area contributed by atoms with Crippen LogP contribution in [0.2, 0.25) is 0 Å². The number of rotatable bonds is 6. The Morgan fingerprint density at radius 1 is 1.00 bits per heavy atom. The van der Waals surface area contributed by atoms with E-state index < -0.39 is 10.0 Å². The predicted molar refractivity (Wildman–Crippen MR) is 112 cm³/mol. The van der Waals surface area contributed by atoms with Gasteiger partial charge in [-0.2, -0.15) is 0 Å². The molecule has 8 heteroatoms. The first-order chi connectivity index (χ1) is 14.6. The van der Waals surface area contributed by atoms with E-state index in [4.69, 9.17) is 13.9 Å². The van der Waals surface area contributed by atoms with E-state index in [1.165, 1.54) is 17.7 Å². The van der Waals surface area contributed by atoms with Crippen molar-refractivity contribution in [3.63, 3.8) is 0 Å². The summed E-state index contributed by atoms with van der Waals surface area (Å²) in [5.41, 5.74) is 2.36. The number of benzene rings is 2. The Labute approximate surface area is 175 Å². The number of sulfonamides is 1. The number of nitrogens with one attached hydrogen (secondary N) is 1. The first-order valence-corrected chi connectivity index (χ1v) is 11.4. The van der Waals surface area contributed by atoms with Crippen LogP contribution in [0.15, 0.2) is 70.2 Å². The van der Waals surface area contributed by atoms with Gasteiger partial charge in [0.05, 0.1) is 11.2 Å². The molecular weight excluding hydrogens is 404 g/mol. The molecule has 0 unspecified atom stereocenters. The fourth-order valence-corrected chi connectivity index (χ4v) is 5.05. The van der Waals surface area contributed by atoms with E-state index in [-0.39, 0.29) is 17.5 Å². The van der Waals surface area contributed by atoms with E-state index in [9.17, 15) is 8.42 Å². The average molecular weight is 426 g/mol. The lowest BCUT2D eigenvalue weighted by Crippen LogP contribution is -2.37. The van der Waals surface area contributed by atoms with E-state index in [1.54, 1.807) is 12.3 Å². The van der Waals surface area contributed by atoms with Crippen molar-refractivity contribution >= 4 is 15.7 Å². The molecule has 7 nitrogen and oxygen atoms in total. The smallest absolute Gasteiger partial charge is 0.240 e. The summed E-state index contributed by atoms with van der Waals surface area (Å²) >= 11 is 0. The van der Waals surface area contributed by atoms with Crippen molar-refractivity contribution in [2.75, 3.05) is 31.2 Å². The topological polar surface area (TPSA) is 81.0 Å². The van der Waals surface area contributed by atoms with E-state index in [1.807, 2.05) is 24.3 Å². The number of furan rings is 1. The number of hydrogen-bond acceptors (Lipinski definition) is 6. The standard InChI is InChI=1S/C22H22N2O5S/c25-30(26,17-7-8-21-22(14-17)29-13-12-28-21)23-15-19(20-6-3-11-27-20)24-10-9-16-4-1-2-5-18(16)24/h1-8,11,14,19,23H,9-10,12-13,15H2/t19-/m1/s1. The summed E-state index contributed by atoms with van der Waals surface area (Å²) in [7, 11) is -3.74. The van der Waals surface area contributed by atoms with Crippen molar-refractivity contribution in [2.24, 2.45) is 0 Å². The Bertz CT molecular complexity index is 1140. The van der Waals surface area contributed by atoms with Crippen LogP contribution in [0.4, 0.5) is 5.69 Å². The van der Waals surface area contributed by atoms with Gasteiger partial charge in [0, 0.05) is 24.8 Å². The van der Waals surface area contributed by atoms with Gasteiger partial charge in [0.2, 0.25) is 10.0 Å². The van der Waals surface area contributed by atoms with Gasteiger partial charge in [0.1, 0.15) is 25.0 Å². The molecule has 5 rings (SSSR count). The van der Waals surface area contributed by atoms with Crippen LogP contribution in [-0.4, -0.2) is 34.7 Å². The van der Waals surface area contributed by atoms with Gasteiger partial charge in [0.15, 0.2) is 11.5 Å². The fraction of sp³-hybridized carbons (Fsp3) is 0.273. The molecule has 30 heavy (non-hydrogen) atoms. The van der Waals surface area contributed by atoms with Gasteiger partial charge in [-0.05, 0) is 42.3 Å². The van der Waals surface area contributed by atoms with E-state index in [2.05, 4.69) is 21.8 Å². The van der Waals surface area contributed by atoms with Crippen LogP contribution in [0, 0.1) is 0 Å². The number of nitrogens with zero attached hydrogens (tertiary/aromatic N) is 1. The number of fused-ring (bicyclic) bond motifs is 2. The lowest BCUT2D eigenvalue weighted by atomic mass is 10.1. The van der Waals surface area contributed by atoms with E-state index in [0.29, 0.717) is 24.7 Å². The molecule has 0 aliphatic carbocycles. The van der Waals surface area contributed by atoms with Gasteiger partial charge in [-0.25, -0.2) is 13.1 Å². The molecule has 0 radical (unpaired) electrons. The largest absolute Gasteiger partial charge is 0.486 e. The number of ether oxygens (including phenoxy) is 2. The molecule has 3 aromatic rings.